The Morgan fingerprint density at radius 2 is 2.09 bits per heavy atom. The monoisotopic (exact) mass is 297 g/mol. The van der Waals surface area contributed by atoms with E-state index in [0.29, 0.717) is 17.0 Å². The second-order valence-corrected chi connectivity index (χ2v) is 4.75. The van der Waals surface area contributed by atoms with E-state index in [1.165, 1.54) is 12.5 Å². The number of nitrogens with zero attached hydrogens (tertiary/aromatic N) is 1. The smallest absolute Gasteiger partial charge is 0.255 e. The van der Waals surface area contributed by atoms with E-state index in [-0.39, 0.29) is 12.5 Å². The van der Waals surface area contributed by atoms with Gasteiger partial charge in [-0.2, -0.15) is 5.10 Å². The summed E-state index contributed by atoms with van der Waals surface area (Å²) < 4.78 is 5.22. The molecule has 6 nitrogen and oxygen atoms in total. The van der Waals surface area contributed by atoms with Crippen molar-refractivity contribution in [1.29, 1.82) is 0 Å². The number of aliphatic hydroxyl groups excluding tert-OH is 1. The molecule has 1 aromatic carbocycles. The summed E-state index contributed by atoms with van der Waals surface area (Å²) in [6.07, 6.45) is 2.96. The first-order valence-corrected chi connectivity index (χ1v) is 6.83. The van der Waals surface area contributed by atoms with Crippen LogP contribution < -0.4 is 5.32 Å². The number of carbonyl (C=O) groups excluding carboxylic acids is 1. The lowest BCUT2D eigenvalue weighted by Crippen LogP contribution is -2.30. The minimum atomic E-state index is -0.596. The number of benzene rings is 1. The maximum absolute atomic E-state index is 12.4. The molecule has 0 radical (unpaired) electrons. The molecule has 0 aliphatic carbocycles. The molecule has 0 fully saturated rings. The van der Waals surface area contributed by atoms with E-state index < -0.39 is 6.04 Å². The summed E-state index contributed by atoms with van der Waals surface area (Å²) in [5.74, 6) is 0.170. The zero-order valence-electron chi connectivity index (χ0n) is 11.7. The SMILES string of the molecule is O=C(NC(CO)c1ccco1)c1cn[nH]c1-c1ccccc1. The van der Waals surface area contributed by atoms with Crippen molar-refractivity contribution in [2.75, 3.05) is 6.61 Å². The summed E-state index contributed by atoms with van der Waals surface area (Å²) in [5, 5.41) is 18.9. The lowest BCUT2D eigenvalue weighted by Gasteiger charge is -2.13. The van der Waals surface area contributed by atoms with E-state index in [1.54, 1.807) is 12.1 Å². The molecule has 0 aliphatic heterocycles. The molecule has 1 atom stereocenters. The van der Waals surface area contributed by atoms with Crippen LogP contribution in [0.1, 0.15) is 22.2 Å². The number of carbonyl (C=O) groups is 1. The first-order chi connectivity index (χ1) is 10.8. The molecule has 1 amide bonds. The topological polar surface area (TPSA) is 91.2 Å². The van der Waals surface area contributed by atoms with Gasteiger partial charge in [0.2, 0.25) is 0 Å². The lowest BCUT2D eigenvalue weighted by molar-refractivity contribution is 0.0908. The third-order valence-corrected chi connectivity index (χ3v) is 3.32. The van der Waals surface area contributed by atoms with Crippen molar-refractivity contribution in [2.45, 2.75) is 6.04 Å². The molecule has 0 bridgehead atoms. The van der Waals surface area contributed by atoms with Crippen molar-refractivity contribution in [3.8, 4) is 11.3 Å². The predicted molar refractivity (Wildman–Crippen MR) is 80.0 cm³/mol. The maximum atomic E-state index is 12.4. The summed E-state index contributed by atoms with van der Waals surface area (Å²) in [4.78, 5) is 12.4. The van der Waals surface area contributed by atoms with Crippen LogP contribution in [0.3, 0.4) is 0 Å². The van der Waals surface area contributed by atoms with Gasteiger partial charge in [0.1, 0.15) is 11.8 Å². The van der Waals surface area contributed by atoms with Crippen molar-refractivity contribution >= 4 is 5.91 Å². The van der Waals surface area contributed by atoms with Gasteiger partial charge in [0.15, 0.2) is 0 Å². The molecule has 3 aromatic rings. The quantitative estimate of drug-likeness (QED) is 0.673. The molecule has 0 saturated heterocycles. The molecule has 6 heteroatoms. The fourth-order valence-electron chi connectivity index (χ4n) is 2.22. The van der Waals surface area contributed by atoms with Crippen LogP contribution in [0.5, 0.6) is 0 Å². The number of aromatic amines is 1. The molecule has 0 saturated carbocycles. The van der Waals surface area contributed by atoms with Crippen molar-refractivity contribution in [1.82, 2.24) is 15.5 Å². The zero-order valence-corrected chi connectivity index (χ0v) is 11.7. The number of aromatic nitrogens is 2. The summed E-state index contributed by atoms with van der Waals surface area (Å²) in [6, 6.07) is 12.3. The highest BCUT2D eigenvalue weighted by atomic mass is 16.3. The molecule has 3 N–H and O–H groups in total. The molecule has 2 heterocycles. The molecule has 22 heavy (non-hydrogen) atoms. The van der Waals surface area contributed by atoms with Gasteiger partial charge in [-0.25, -0.2) is 0 Å². The fourth-order valence-corrected chi connectivity index (χ4v) is 2.22. The Kier molecular flexibility index (Phi) is 4.02. The summed E-state index contributed by atoms with van der Waals surface area (Å²) >= 11 is 0. The minimum absolute atomic E-state index is 0.252. The number of amides is 1. The van der Waals surface area contributed by atoms with Gasteiger partial charge in [-0.1, -0.05) is 30.3 Å². The number of rotatable bonds is 5. The highest BCUT2D eigenvalue weighted by Gasteiger charge is 2.20. The summed E-state index contributed by atoms with van der Waals surface area (Å²) in [5.41, 5.74) is 1.91. The summed E-state index contributed by atoms with van der Waals surface area (Å²) in [6.45, 7) is -0.252. The average Bonchev–Trinajstić information content (AvgIpc) is 3.24. The third kappa shape index (κ3) is 2.77. The van der Waals surface area contributed by atoms with Gasteiger partial charge >= 0.3 is 0 Å². The van der Waals surface area contributed by atoms with E-state index in [9.17, 15) is 9.90 Å². The summed E-state index contributed by atoms with van der Waals surface area (Å²) in [7, 11) is 0. The van der Waals surface area contributed by atoms with Gasteiger partial charge in [0.25, 0.3) is 5.91 Å². The predicted octanol–water partition coefficient (Wildman–Crippen LogP) is 2.13. The van der Waals surface area contributed by atoms with Gasteiger partial charge < -0.3 is 14.8 Å². The first-order valence-electron chi connectivity index (χ1n) is 6.83. The van der Waals surface area contributed by atoms with E-state index in [0.717, 1.165) is 5.56 Å². The van der Waals surface area contributed by atoms with Crippen LogP contribution in [0.25, 0.3) is 11.3 Å². The molecule has 1 unspecified atom stereocenters. The highest BCUT2D eigenvalue weighted by Crippen LogP contribution is 2.21. The standard InChI is InChI=1S/C16H15N3O3/c20-10-13(14-7-4-8-22-14)18-16(21)12-9-17-19-15(12)11-5-2-1-3-6-11/h1-9,13,20H,10H2,(H,17,19)(H,18,21). The van der Waals surface area contributed by atoms with Gasteiger partial charge in [0, 0.05) is 5.56 Å². The zero-order chi connectivity index (χ0) is 15.4. The Balaban J connectivity index is 1.83. The van der Waals surface area contributed by atoms with Crippen LogP contribution in [0.15, 0.2) is 59.3 Å². The lowest BCUT2D eigenvalue weighted by atomic mass is 10.1. The van der Waals surface area contributed by atoms with Crippen molar-refractivity contribution in [2.24, 2.45) is 0 Å². The van der Waals surface area contributed by atoms with Gasteiger partial charge in [-0.05, 0) is 12.1 Å². The number of hydrogen-bond acceptors (Lipinski definition) is 4. The Labute approximate surface area is 126 Å². The van der Waals surface area contributed by atoms with Gasteiger partial charge in [-0.3, -0.25) is 9.89 Å². The molecule has 0 spiro atoms. The van der Waals surface area contributed by atoms with Gasteiger partial charge in [0.05, 0.1) is 30.3 Å². The fraction of sp³-hybridized carbons (Fsp3) is 0.125. The highest BCUT2D eigenvalue weighted by molar-refractivity contribution is 5.99. The van der Waals surface area contributed by atoms with Crippen LogP contribution in [-0.4, -0.2) is 27.8 Å². The number of nitrogens with one attached hydrogen (secondary N) is 2. The first kappa shape index (κ1) is 14.1. The van der Waals surface area contributed by atoms with Crippen molar-refractivity contribution in [3.05, 3.63) is 66.2 Å². The van der Waals surface area contributed by atoms with Crippen LogP contribution in [0.4, 0.5) is 0 Å². The van der Waals surface area contributed by atoms with E-state index in [4.69, 9.17) is 4.42 Å². The van der Waals surface area contributed by atoms with Crippen LogP contribution >= 0.6 is 0 Å². The van der Waals surface area contributed by atoms with E-state index in [2.05, 4.69) is 15.5 Å². The Morgan fingerprint density at radius 3 is 2.77 bits per heavy atom. The molecule has 2 aromatic heterocycles. The molecule has 3 rings (SSSR count). The molecular weight excluding hydrogens is 282 g/mol. The Bertz CT molecular complexity index is 735. The average molecular weight is 297 g/mol. The number of hydrogen-bond donors (Lipinski definition) is 3. The molecular formula is C16H15N3O3. The maximum Gasteiger partial charge on any atom is 0.255 e. The Morgan fingerprint density at radius 1 is 1.27 bits per heavy atom. The molecule has 112 valence electrons. The van der Waals surface area contributed by atoms with Crippen LogP contribution in [-0.2, 0) is 0 Å². The second kappa shape index (κ2) is 6.28. The van der Waals surface area contributed by atoms with E-state index in [1.807, 2.05) is 30.3 Å². The normalized spacial score (nSPS) is 12.0. The third-order valence-electron chi connectivity index (χ3n) is 3.32. The number of aliphatic hydroxyl groups is 1. The largest absolute Gasteiger partial charge is 0.467 e. The van der Waals surface area contributed by atoms with E-state index >= 15 is 0 Å². The minimum Gasteiger partial charge on any atom is -0.467 e. The van der Waals surface area contributed by atoms with Crippen LogP contribution in [0, 0.1) is 0 Å². The van der Waals surface area contributed by atoms with Crippen molar-refractivity contribution in [3.63, 3.8) is 0 Å². The van der Waals surface area contributed by atoms with Gasteiger partial charge in [-0.15, -0.1) is 0 Å². The second-order valence-electron chi connectivity index (χ2n) is 4.75. The van der Waals surface area contributed by atoms with Crippen LogP contribution in [0.2, 0.25) is 0 Å². The Hall–Kier alpha value is -2.86. The molecule has 0 aliphatic rings. The van der Waals surface area contributed by atoms with Crippen molar-refractivity contribution < 1.29 is 14.3 Å². The number of furan rings is 1. The number of H-pyrrole nitrogens is 1.